The van der Waals surface area contributed by atoms with Gasteiger partial charge in [0.2, 0.25) is 15.8 Å². The van der Waals surface area contributed by atoms with E-state index in [1.807, 2.05) is 0 Å². The summed E-state index contributed by atoms with van der Waals surface area (Å²) in [7, 11) is -3.60. The fourth-order valence-electron chi connectivity index (χ4n) is 2.20. The molecule has 0 spiro atoms. The Morgan fingerprint density at radius 2 is 2.05 bits per heavy atom. The minimum Gasteiger partial charge on any atom is -0.305 e. The second-order valence-corrected chi connectivity index (χ2v) is 6.35. The zero-order valence-corrected chi connectivity index (χ0v) is 11.4. The molecular formula is C10H13F3N4O2S. The van der Waals surface area contributed by atoms with Gasteiger partial charge in [-0.2, -0.15) is 17.5 Å². The molecule has 0 saturated heterocycles. The summed E-state index contributed by atoms with van der Waals surface area (Å²) in [6.45, 7) is 4.67. The third kappa shape index (κ3) is 2.44. The fraction of sp³-hybridized carbons (Fsp3) is 0.600. The van der Waals surface area contributed by atoms with Gasteiger partial charge in [-0.3, -0.25) is 0 Å². The van der Waals surface area contributed by atoms with E-state index in [4.69, 9.17) is 0 Å². The maximum Gasteiger partial charge on any atom is 0.451 e. The zero-order chi connectivity index (χ0) is 15.1. The van der Waals surface area contributed by atoms with Crippen LogP contribution in [-0.2, 0) is 22.7 Å². The summed E-state index contributed by atoms with van der Waals surface area (Å²) in [6.07, 6.45) is -3.37. The standard InChI is InChI=1S/C10H13F3N4O2S/c1-3-6-20(18,19)17-5-4-16-8(7(17)2)14-15-9(16)10(11,12)13/h3,7H,1,4-6H2,2H3. The number of nitrogens with zero attached hydrogens (tertiary/aromatic N) is 4. The third-order valence-corrected chi connectivity index (χ3v) is 4.94. The molecule has 1 aliphatic rings. The Labute approximate surface area is 113 Å². The van der Waals surface area contributed by atoms with E-state index >= 15 is 0 Å². The molecule has 0 bridgehead atoms. The molecule has 0 saturated carbocycles. The molecule has 0 N–H and O–H groups in total. The highest BCUT2D eigenvalue weighted by Gasteiger charge is 2.42. The molecular weight excluding hydrogens is 297 g/mol. The van der Waals surface area contributed by atoms with Gasteiger partial charge in [0.15, 0.2) is 5.82 Å². The lowest BCUT2D eigenvalue weighted by molar-refractivity contribution is -0.147. The second kappa shape index (κ2) is 4.85. The lowest BCUT2D eigenvalue weighted by atomic mass is 10.2. The molecule has 10 heteroatoms. The number of hydrogen-bond donors (Lipinski definition) is 0. The zero-order valence-electron chi connectivity index (χ0n) is 10.6. The number of aromatic nitrogens is 3. The molecule has 20 heavy (non-hydrogen) atoms. The summed E-state index contributed by atoms with van der Waals surface area (Å²) in [5.41, 5.74) is 0. The first kappa shape index (κ1) is 15.0. The van der Waals surface area contributed by atoms with Gasteiger partial charge in [-0.1, -0.05) is 6.08 Å². The van der Waals surface area contributed by atoms with Crippen molar-refractivity contribution < 1.29 is 21.6 Å². The van der Waals surface area contributed by atoms with Crippen LogP contribution in [0.2, 0.25) is 0 Å². The first-order valence-corrected chi connectivity index (χ1v) is 7.40. The molecule has 0 radical (unpaired) electrons. The molecule has 0 aromatic carbocycles. The van der Waals surface area contributed by atoms with Crippen LogP contribution in [0.25, 0.3) is 0 Å². The number of rotatable bonds is 3. The van der Waals surface area contributed by atoms with Crippen LogP contribution in [-0.4, -0.2) is 39.8 Å². The quantitative estimate of drug-likeness (QED) is 0.787. The van der Waals surface area contributed by atoms with Crippen LogP contribution in [0.5, 0.6) is 0 Å². The number of halogens is 3. The Kier molecular flexibility index (Phi) is 3.63. The molecule has 1 aliphatic heterocycles. The highest BCUT2D eigenvalue weighted by atomic mass is 32.2. The third-order valence-electron chi connectivity index (χ3n) is 3.07. The van der Waals surface area contributed by atoms with Gasteiger partial charge >= 0.3 is 6.18 Å². The number of sulfonamides is 1. The van der Waals surface area contributed by atoms with Crippen molar-refractivity contribution in [2.24, 2.45) is 0 Å². The predicted molar refractivity (Wildman–Crippen MR) is 64.1 cm³/mol. The van der Waals surface area contributed by atoms with Crippen molar-refractivity contribution in [3.05, 3.63) is 24.3 Å². The molecule has 1 unspecified atom stereocenters. The van der Waals surface area contributed by atoms with E-state index < -0.39 is 28.1 Å². The van der Waals surface area contributed by atoms with Crippen LogP contribution in [0.4, 0.5) is 13.2 Å². The summed E-state index contributed by atoms with van der Waals surface area (Å²) < 4.78 is 64.2. The molecule has 2 heterocycles. The van der Waals surface area contributed by atoms with Crippen molar-refractivity contribution in [2.75, 3.05) is 12.3 Å². The van der Waals surface area contributed by atoms with Crippen LogP contribution in [0.1, 0.15) is 24.6 Å². The van der Waals surface area contributed by atoms with Gasteiger partial charge in [-0.25, -0.2) is 8.42 Å². The van der Waals surface area contributed by atoms with Gasteiger partial charge < -0.3 is 4.57 Å². The highest BCUT2D eigenvalue weighted by Crippen LogP contribution is 2.33. The minimum absolute atomic E-state index is 0.00351. The van der Waals surface area contributed by atoms with E-state index in [1.165, 1.54) is 13.0 Å². The summed E-state index contributed by atoms with van der Waals surface area (Å²) in [5.74, 6) is -1.37. The van der Waals surface area contributed by atoms with Gasteiger partial charge in [-0.05, 0) is 6.92 Å². The Bertz CT molecular complexity index is 623. The topological polar surface area (TPSA) is 68.1 Å². The van der Waals surface area contributed by atoms with Crippen molar-refractivity contribution in [1.29, 1.82) is 0 Å². The van der Waals surface area contributed by atoms with Crippen molar-refractivity contribution in [1.82, 2.24) is 19.1 Å². The smallest absolute Gasteiger partial charge is 0.305 e. The van der Waals surface area contributed by atoms with E-state index in [0.717, 1.165) is 8.87 Å². The first-order chi connectivity index (χ1) is 9.18. The fourth-order valence-corrected chi connectivity index (χ4v) is 3.63. The van der Waals surface area contributed by atoms with E-state index in [2.05, 4.69) is 16.8 Å². The van der Waals surface area contributed by atoms with E-state index in [9.17, 15) is 21.6 Å². The van der Waals surface area contributed by atoms with Crippen molar-refractivity contribution in [2.45, 2.75) is 25.7 Å². The van der Waals surface area contributed by atoms with Crippen LogP contribution in [0.15, 0.2) is 12.7 Å². The maximum atomic E-state index is 12.7. The molecule has 2 rings (SSSR count). The summed E-state index contributed by atoms with van der Waals surface area (Å²) in [4.78, 5) is 0. The highest BCUT2D eigenvalue weighted by molar-refractivity contribution is 7.89. The van der Waals surface area contributed by atoms with E-state index in [1.54, 1.807) is 0 Å². The second-order valence-electron chi connectivity index (χ2n) is 4.39. The maximum absolute atomic E-state index is 12.7. The molecule has 1 aromatic heterocycles. The van der Waals surface area contributed by atoms with Gasteiger partial charge in [0.25, 0.3) is 0 Å². The molecule has 112 valence electrons. The van der Waals surface area contributed by atoms with Crippen LogP contribution >= 0.6 is 0 Å². The lowest BCUT2D eigenvalue weighted by Crippen LogP contribution is -2.42. The van der Waals surface area contributed by atoms with Crippen molar-refractivity contribution in [3.8, 4) is 0 Å². The monoisotopic (exact) mass is 310 g/mol. The van der Waals surface area contributed by atoms with E-state index in [0.29, 0.717) is 0 Å². The van der Waals surface area contributed by atoms with Crippen LogP contribution in [0, 0.1) is 0 Å². The van der Waals surface area contributed by atoms with E-state index in [-0.39, 0.29) is 24.7 Å². The largest absolute Gasteiger partial charge is 0.451 e. The number of hydrogen-bond acceptors (Lipinski definition) is 4. The SMILES string of the molecule is C=CCS(=O)(=O)N1CCn2c(nnc2C(F)(F)F)C1C. The average molecular weight is 310 g/mol. The lowest BCUT2D eigenvalue weighted by Gasteiger charge is -2.32. The van der Waals surface area contributed by atoms with Crippen molar-refractivity contribution in [3.63, 3.8) is 0 Å². The number of alkyl halides is 3. The molecule has 1 atom stereocenters. The van der Waals surface area contributed by atoms with Crippen molar-refractivity contribution >= 4 is 10.0 Å². The molecule has 0 fully saturated rings. The molecule has 1 aromatic rings. The Morgan fingerprint density at radius 1 is 1.40 bits per heavy atom. The summed E-state index contributed by atoms with van der Waals surface area (Å²) in [6, 6.07) is -0.794. The summed E-state index contributed by atoms with van der Waals surface area (Å²) >= 11 is 0. The van der Waals surface area contributed by atoms with Gasteiger partial charge in [0, 0.05) is 13.1 Å². The van der Waals surface area contributed by atoms with Crippen LogP contribution < -0.4 is 0 Å². The molecule has 6 nitrogen and oxygen atoms in total. The Balaban J connectivity index is 2.39. The normalized spacial score (nSPS) is 20.7. The molecule has 0 amide bonds. The first-order valence-electron chi connectivity index (χ1n) is 5.79. The Hall–Kier alpha value is -1.42. The average Bonchev–Trinajstić information content (AvgIpc) is 2.73. The van der Waals surface area contributed by atoms with Gasteiger partial charge in [0.05, 0.1) is 11.8 Å². The number of fused-ring (bicyclic) bond motifs is 1. The van der Waals surface area contributed by atoms with Gasteiger partial charge in [-0.15, -0.1) is 16.8 Å². The molecule has 0 aliphatic carbocycles. The minimum atomic E-state index is -4.60. The van der Waals surface area contributed by atoms with Gasteiger partial charge in [0.1, 0.15) is 0 Å². The Morgan fingerprint density at radius 3 is 2.60 bits per heavy atom. The predicted octanol–water partition coefficient (Wildman–Crippen LogP) is 1.19. The van der Waals surface area contributed by atoms with Crippen LogP contribution in [0.3, 0.4) is 0 Å². The summed E-state index contributed by atoms with van der Waals surface area (Å²) in [5, 5.41) is 6.62.